The topological polar surface area (TPSA) is 88.7 Å². The highest BCUT2D eigenvalue weighted by Crippen LogP contribution is 2.38. The van der Waals surface area contributed by atoms with Gasteiger partial charge in [-0.15, -0.1) is 0 Å². The summed E-state index contributed by atoms with van der Waals surface area (Å²) in [5.74, 6) is 0. The van der Waals surface area contributed by atoms with Crippen LogP contribution in [0.15, 0.2) is 42.5 Å². The molecule has 0 saturated heterocycles. The van der Waals surface area contributed by atoms with Gasteiger partial charge in [-0.1, -0.05) is 68.1 Å². The lowest BCUT2D eigenvalue weighted by molar-refractivity contribution is 0.0562. The van der Waals surface area contributed by atoms with Gasteiger partial charge in [0.05, 0.1) is 0 Å². The number of nitrogens with one attached hydrogen (secondary N) is 3. The zero-order valence-electron chi connectivity index (χ0n) is 22.2. The van der Waals surface area contributed by atoms with E-state index in [1.54, 1.807) is 20.8 Å². The third kappa shape index (κ3) is 9.69. The Balaban J connectivity index is 1.19. The lowest BCUT2D eigenvalue weighted by Gasteiger charge is -2.20. The van der Waals surface area contributed by atoms with E-state index in [9.17, 15) is 9.59 Å². The Hall–Kier alpha value is -3.13. The second-order valence-electron chi connectivity index (χ2n) is 10.3. The van der Waals surface area contributed by atoms with E-state index >= 15 is 0 Å². The lowest BCUT2D eigenvalue weighted by Crippen LogP contribution is -2.42. The third-order valence-corrected chi connectivity index (χ3v) is 6.33. The third-order valence-electron chi connectivity index (χ3n) is 6.08. The SMILES string of the molecule is CC(C)(C)OC(=O)NC(=S)NCCCCCCCCNC(=O)OCc1cccc2c1Cc1ccccc1-2. The van der Waals surface area contributed by atoms with Crippen molar-refractivity contribution in [3.05, 3.63) is 59.2 Å². The fourth-order valence-corrected chi connectivity index (χ4v) is 4.53. The normalized spacial score (nSPS) is 11.8. The zero-order chi connectivity index (χ0) is 26.7. The van der Waals surface area contributed by atoms with Gasteiger partial charge in [-0.05, 0) is 80.1 Å². The molecule has 3 N–H and O–H groups in total. The van der Waals surface area contributed by atoms with Crippen molar-refractivity contribution in [2.24, 2.45) is 0 Å². The van der Waals surface area contributed by atoms with E-state index in [1.807, 2.05) is 12.1 Å². The molecule has 0 fully saturated rings. The average Bonchev–Trinajstić information content (AvgIpc) is 3.22. The Morgan fingerprint density at radius 3 is 2.22 bits per heavy atom. The molecule has 37 heavy (non-hydrogen) atoms. The first-order chi connectivity index (χ1) is 17.7. The highest BCUT2D eigenvalue weighted by molar-refractivity contribution is 7.80. The zero-order valence-corrected chi connectivity index (χ0v) is 23.0. The fourth-order valence-electron chi connectivity index (χ4n) is 4.34. The van der Waals surface area contributed by atoms with Crippen LogP contribution in [0.25, 0.3) is 11.1 Å². The molecule has 0 unspecified atom stereocenters. The molecule has 0 aromatic heterocycles. The van der Waals surface area contributed by atoms with Crippen molar-refractivity contribution in [2.75, 3.05) is 13.1 Å². The molecular formula is C29H39N3O4S. The number of ether oxygens (including phenoxy) is 2. The van der Waals surface area contributed by atoms with Crippen LogP contribution in [-0.2, 0) is 22.5 Å². The summed E-state index contributed by atoms with van der Waals surface area (Å²) in [5.41, 5.74) is 5.62. The first-order valence-electron chi connectivity index (χ1n) is 13.1. The molecule has 2 aromatic carbocycles. The second-order valence-corrected chi connectivity index (χ2v) is 10.7. The van der Waals surface area contributed by atoms with Gasteiger partial charge in [-0.2, -0.15) is 0 Å². The summed E-state index contributed by atoms with van der Waals surface area (Å²) in [6, 6.07) is 14.6. The summed E-state index contributed by atoms with van der Waals surface area (Å²) >= 11 is 5.10. The van der Waals surface area contributed by atoms with Crippen LogP contribution in [0.1, 0.15) is 76.0 Å². The Labute approximate surface area is 225 Å². The molecule has 0 spiro atoms. The summed E-state index contributed by atoms with van der Waals surface area (Å²) in [4.78, 5) is 23.8. The quantitative estimate of drug-likeness (QED) is 0.203. The van der Waals surface area contributed by atoms with Gasteiger partial charge >= 0.3 is 12.2 Å². The molecular weight excluding hydrogens is 486 g/mol. The second kappa shape index (κ2) is 14.0. The van der Waals surface area contributed by atoms with Crippen LogP contribution in [0.2, 0.25) is 0 Å². The van der Waals surface area contributed by atoms with E-state index in [2.05, 4.69) is 46.3 Å². The molecule has 0 saturated carbocycles. The number of alkyl carbamates (subject to hydrolysis) is 2. The Kier molecular flexibility index (Phi) is 10.7. The van der Waals surface area contributed by atoms with Crippen LogP contribution < -0.4 is 16.0 Å². The molecule has 2 amide bonds. The van der Waals surface area contributed by atoms with Gasteiger partial charge in [-0.3, -0.25) is 5.32 Å². The standard InChI is InChI=1S/C29H39N3O4S/c1-29(2,3)36-28(34)32-26(37)30-17-10-6-4-5-7-11-18-31-27(33)35-20-22-14-12-16-24-23-15-9-8-13-21(23)19-25(22)24/h8-9,12-16H,4-7,10-11,17-20H2,1-3H3,(H,31,33)(H2,30,32,34,37). The minimum atomic E-state index is -0.550. The van der Waals surface area contributed by atoms with Crippen molar-refractivity contribution in [3.8, 4) is 11.1 Å². The summed E-state index contributed by atoms with van der Waals surface area (Å²) in [7, 11) is 0. The Morgan fingerprint density at radius 2 is 1.49 bits per heavy atom. The maximum atomic E-state index is 12.1. The van der Waals surface area contributed by atoms with Gasteiger partial charge in [-0.25, -0.2) is 9.59 Å². The molecule has 1 aliphatic carbocycles. The lowest BCUT2D eigenvalue weighted by atomic mass is 10.0. The van der Waals surface area contributed by atoms with Crippen molar-refractivity contribution in [2.45, 2.75) is 77.9 Å². The van der Waals surface area contributed by atoms with Crippen LogP contribution >= 0.6 is 12.2 Å². The van der Waals surface area contributed by atoms with Crippen LogP contribution in [0, 0.1) is 0 Å². The van der Waals surface area contributed by atoms with E-state index in [-0.39, 0.29) is 17.8 Å². The molecule has 0 atom stereocenters. The number of fused-ring (bicyclic) bond motifs is 3. The molecule has 1 aliphatic rings. The monoisotopic (exact) mass is 525 g/mol. The van der Waals surface area contributed by atoms with Crippen LogP contribution in [0.5, 0.6) is 0 Å². The van der Waals surface area contributed by atoms with Gasteiger partial charge in [0.15, 0.2) is 5.11 Å². The molecule has 7 nitrogen and oxygen atoms in total. The van der Waals surface area contributed by atoms with E-state index in [4.69, 9.17) is 21.7 Å². The Morgan fingerprint density at radius 1 is 0.838 bits per heavy atom. The summed E-state index contributed by atoms with van der Waals surface area (Å²) < 4.78 is 10.7. The number of rotatable bonds is 11. The number of unbranched alkanes of at least 4 members (excludes halogenated alkanes) is 5. The highest BCUT2D eigenvalue weighted by Gasteiger charge is 2.21. The van der Waals surface area contributed by atoms with Gasteiger partial charge in [0.25, 0.3) is 0 Å². The molecule has 8 heteroatoms. The molecule has 0 radical (unpaired) electrons. The van der Waals surface area contributed by atoms with E-state index < -0.39 is 11.7 Å². The molecule has 0 aliphatic heterocycles. The highest BCUT2D eigenvalue weighted by atomic mass is 32.1. The van der Waals surface area contributed by atoms with Crippen LogP contribution in [0.4, 0.5) is 9.59 Å². The van der Waals surface area contributed by atoms with Gasteiger partial charge in [0.1, 0.15) is 12.2 Å². The number of amides is 2. The largest absolute Gasteiger partial charge is 0.445 e. The first-order valence-corrected chi connectivity index (χ1v) is 13.5. The van der Waals surface area contributed by atoms with Crippen molar-refractivity contribution in [1.29, 1.82) is 0 Å². The predicted molar refractivity (Wildman–Crippen MR) is 151 cm³/mol. The summed E-state index contributed by atoms with van der Waals surface area (Å²) in [5, 5.41) is 8.69. The molecule has 0 bridgehead atoms. The Bertz CT molecular complexity index is 1080. The molecule has 200 valence electrons. The van der Waals surface area contributed by atoms with Crippen LogP contribution in [0.3, 0.4) is 0 Å². The number of thiocarbonyl (C=S) groups is 1. The van der Waals surface area contributed by atoms with E-state index in [1.165, 1.54) is 22.3 Å². The van der Waals surface area contributed by atoms with Gasteiger partial charge in [0, 0.05) is 13.1 Å². The summed E-state index contributed by atoms with van der Waals surface area (Å²) in [6.45, 7) is 7.03. The average molecular weight is 526 g/mol. The number of benzene rings is 2. The van der Waals surface area contributed by atoms with E-state index in [0.29, 0.717) is 13.1 Å². The smallest absolute Gasteiger partial charge is 0.413 e. The van der Waals surface area contributed by atoms with Crippen LogP contribution in [-0.4, -0.2) is 36.0 Å². The van der Waals surface area contributed by atoms with E-state index in [0.717, 1.165) is 50.5 Å². The molecule has 0 heterocycles. The van der Waals surface area contributed by atoms with Crippen molar-refractivity contribution >= 4 is 29.5 Å². The number of carbonyl (C=O) groups excluding carboxylic acids is 2. The number of hydrogen-bond acceptors (Lipinski definition) is 5. The maximum Gasteiger partial charge on any atom is 0.413 e. The number of hydrogen-bond donors (Lipinski definition) is 3. The first kappa shape index (κ1) is 28.4. The maximum absolute atomic E-state index is 12.1. The minimum absolute atomic E-state index is 0.285. The van der Waals surface area contributed by atoms with Crippen molar-refractivity contribution in [3.63, 3.8) is 0 Å². The van der Waals surface area contributed by atoms with Crippen molar-refractivity contribution in [1.82, 2.24) is 16.0 Å². The summed E-state index contributed by atoms with van der Waals surface area (Å²) in [6.07, 6.45) is 6.21. The minimum Gasteiger partial charge on any atom is -0.445 e. The molecule has 3 rings (SSSR count). The van der Waals surface area contributed by atoms with Gasteiger partial charge in [0.2, 0.25) is 0 Å². The van der Waals surface area contributed by atoms with Crippen molar-refractivity contribution < 1.29 is 19.1 Å². The molecule has 2 aromatic rings. The number of carbonyl (C=O) groups is 2. The van der Waals surface area contributed by atoms with Gasteiger partial charge < -0.3 is 20.1 Å². The fraction of sp³-hybridized carbons (Fsp3) is 0.483. The predicted octanol–water partition coefficient (Wildman–Crippen LogP) is 6.22.